The highest BCUT2D eigenvalue weighted by atomic mass is 31.2. The van der Waals surface area contributed by atoms with Gasteiger partial charge < -0.3 is 0 Å². The summed E-state index contributed by atoms with van der Waals surface area (Å²) in [6.45, 7) is 18.3. The molecule has 3 nitrogen and oxygen atoms in total. The molecule has 0 aromatic carbocycles. The molecule has 0 aliphatic carbocycles. The van der Waals surface area contributed by atoms with Crippen molar-refractivity contribution >= 4 is 8.37 Å². The van der Waals surface area contributed by atoms with Crippen LogP contribution in [0.3, 0.4) is 0 Å². The molecule has 0 aromatic heterocycles. The third-order valence-electron chi connectivity index (χ3n) is 4.98. The third-order valence-corrected chi connectivity index (χ3v) is 7.83. The Kier molecular flexibility index (Phi) is 5.20. The molecule has 3 aliphatic heterocycles. The lowest BCUT2D eigenvalue weighted by Crippen LogP contribution is -2.14. The Hall–Kier alpha value is 0.310. The zero-order valence-electron chi connectivity index (χ0n) is 15.5. The average molecular weight is 325 g/mol. The predicted octanol–water partition coefficient (Wildman–Crippen LogP) is 4.40. The lowest BCUT2D eigenvalue weighted by atomic mass is 10.1. The molecule has 3 saturated heterocycles. The van der Waals surface area contributed by atoms with E-state index in [1.165, 1.54) is 38.9 Å². The van der Waals surface area contributed by atoms with Gasteiger partial charge >= 0.3 is 0 Å². The zero-order chi connectivity index (χ0) is 16.0. The molecule has 3 rings (SSSR count). The summed E-state index contributed by atoms with van der Waals surface area (Å²) in [5.41, 5.74) is 0. The van der Waals surface area contributed by atoms with Crippen LogP contribution >= 0.6 is 8.37 Å². The van der Waals surface area contributed by atoms with E-state index in [1.54, 1.807) is 0 Å². The van der Waals surface area contributed by atoms with Crippen molar-refractivity contribution in [3.63, 3.8) is 0 Å². The van der Waals surface area contributed by atoms with E-state index in [4.69, 9.17) is 0 Å². The van der Waals surface area contributed by atoms with E-state index >= 15 is 0 Å². The average Bonchev–Trinajstić information content (AvgIpc) is 3.22. The van der Waals surface area contributed by atoms with Crippen LogP contribution in [0.15, 0.2) is 0 Å². The van der Waals surface area contributed by atoms with Crippen molar-refractivity contribution in [2.75, 3.05) is 19.6 Å². The number of rotatable bonds is 9. The molecule has 3 unspecified atom stereocenters. The van der Waals surface area contributed by atoms with Gasteiger partial charge in [0.2, 0.25) is 0 Å². The van der Waals surface area contributed by atoms with E-state index < -0.39 is 0 Å². The minimum absolute atomic E-state index is 0.114. The van der Waals surface area contributed by atoms with E-state index in [-0.39, 0.29) is 8.37 Å². The summed E-state index contributed by atoms with van der Waals surface area (Å²) in [6.07, 6.45) is 4.18. The van der Waals surface area contributed by atoms with Gasteiger partial charge in [0.15, 0.2) is 0 Å². The Morgan fingerprint density at radius 3 is 1.14 bits per heavy atom. The summed E-state index contributed by atoms with van der Waals surface area (Å²) in [4.78, 5) is 0. The molecule has 22 heavy (non-hydrogen) atoms. The topological polar surface area (TPSA) is 9.03 Å². The molecule has 0 amide bonds. The van der Waals surface area contributed by atoms with Gasteiger partial charge in [-0.05, 0) is 37.0 Å². The Labute approximate surface area is 139 Å². The summed E-state index contributed by atoms with van der Waals surface area (Å²) >= 11 is 0. The maximum atomic E-state index is 2.84. The van der Waals surface area contributed by atoms with Crippen molar-refractivity contribution in [3.05, 3.63) is 0 Å². The second kappa shape index (κ2) is 6.67. The SMILES string of the molecule is CC(C)C[C@@H]1CN1P(N1C[C@H]1CC(C)C)N1C[C@H]1CC(C)C. The molecule has 4 heteroatoms. The Bertz CT molecular complexity index is 327. The zero-order valence-corrected chi connectivity index (χ0v) is 16.4. The van der Waals surface area contributed by atoms with Crippen molar-refractivity contribution in [3.8, 4) is 0 Å². The molecular weight excluding hydrogens is 289 g/mol. The van der Waals surface area contributed by atoms with Crippen molar-refractivity contribution in [1.29, 1.82) is 0 Å². The smallest absolute Gasteiger partial charge is 0.121 e. The highest BCUT2D eigenvalue weighted by Gasteiger charge is 2.57. The molecule has 3 fully saturated rings. The van der Waals surface area contributed by atoms with Crippen LogP contribution in [-0.4, -0.2) is 51.8 Å². The standard InChI is InChI=1S/C18H36N3P/c1-13(2)7-16-10-19(16)22(20-11-17(20)8-14(3)4)21-12-18(21)9-15(5)6/h13-18H,7-12H2,1-6H3/t16-,17-,18-,19?,20?,21?,22?/m1/s1. The molecule has 0 radical (unpaired) electrons. The van der Waals surface area contributed by atoms with Crippen LogP contribution < -0.4 is 0 Å². The van der Waals surface area contributed by atoms with Gasteiger partial charge in [-0.1, -0.05) is 41.5 Å². The second-order valence-electron chi connectivity index (χ2n) is 8.98. The first-order chi connectivity index (χ1) is 10.4. The maximum absolute atomic E-state index is 2.84. The monoisotopic (exact) mass is 325 g/mol. The first-order valence-electron chi connectivity index (χ1n) is 9.46. The fourth-order valence-electron chi connectivity index (χ4n) is 3.83. The van der Waals surface area contributed by atoms with Gasteiger partial charge in [-0.25, -0.2) is 0 Å². The summed E-state index contributed by atoms with van der Waals surface area (Å²) < 4.78 is 8.53. The summed E-state index contributed by atoms with van der Waals surface area (Å²) in [7, 11) is -0.114. The van der Waals surface area contributed by atoms with Gasteiger partial charge in [-0.3, -0.25) is 14.0 Å². The lowest BCUT2D eigenvalue weighted by Gasteiger charge is -2.24. The highest BCUT2D eigenvalue weighted by molar-refractivity contribution is 7.51. The van der Waals surface area contributed by atoms with E-state index in [2.05, 4.69) is 55.6 Å². The summed E-state index contributed by atoms with van der Waals surface area (Å²) in [5, 5.41) is 0. The van der Waals surface area contributed by atoms with Gasteiger partial charge in [-0.15, -0.1) is 0 Å². The molecule has 3 aliphatic rings. The molecule has 3 heterocycles. The molecule has 0 N–H and O–H groups in total. The fourth-order valence-corrected chi connectivity index (χ4v) is 6.88. The first-order valence-corrected chi connectivity index (χ1v) is 10.7. The fraction of sp³-hybridized carbons (Fsp3) is 1.00. The van der Waals surface area contributed by atoms with E-state index in [1.807, 2.05) is 0 Å². The molecular formula is C18H36N3P. The summed E-state index contributed by atoms with van der Waals surface area (Å²) in [5.74, 6) is 2.52. The first kappa shape index (κ1) is 17.1. The largest absolute Gasteiger partial charge is 0.251 e. The predicted molar refractivity (Wildman–Crippen MR) is 96.8 cm³/mol. The quantitative estimate of drug-likeness (QED) is 0.459. The number of hydrogen-bond acceptors (Lipinski definition) is 3. The lowest BCUT2D eigenvalue weighted by molar-refractivity contribution is 0.500. The van der Waals surface area contributed by atoms with Gasteiger partial charge in [0.1, 0.15) is 8.37 Å². The minimum Gasteiger partial charge on any atom is -0.251 e. The number of hydrogen-bond donors (Lipinski definition) is 0. The van der Waals surface area contributed by atoms with Gasteiger partial charge in [0.05, 0.1) is 0 Å². The molecule has 128 valence electrons. The van der Waals surface area contributed by atoms with Crippen LogP contribution in [0.25, 0.3) is 0 Å². The minimum atomic E-state index is -0.114. The normalized spacial score (nSPS) is 41.3. The maximum Gasteiger partial charge on any atom is 0.121 e. The third kappa shape index (κ3) is 4.23. The van der Waals surface area contributed by atoms with Gasteiger partial charge in [0.25, 0.3) is 0 Å². The Morgan fingerprint density at radius 1 is 0.636 bits per heavy atom. The van der Waals surface area contributed by atoms with E-state index in [0.717, 1.165) is 35.9 Å². The van der Waals surface area contributed by atoms with Crippen molar-refractivity contribution in [1.82, 2.24) is 14.0 Å². The second-order valence-corrected chi connectivity index (χ2v) is 11.1. The van der Waals surface area contributed by atoms with Crippen LogP contribution in [-0.2, 0) is 0 Å². The Balaban J connectivity index is 1.57. The molecule has 0 saturated carbocycles. The van der Waals surface area contributed by atoms with Crippen LogP contribution in [0.2, 0.25) is 0 Å². The molecule has 6 atom stereocenters. The van der Waals surface area contributed by atoms with Crippen LogP contribution in [0, 0.1) is 17.8 Å². The van der Waals surface area contributed by atoms with Gasteiger partial charge in [0, 0.05) is 37.8 Å². The molecule has 0 bridgehead atoms. The number of nitrogens with zero attached hydrogens (tertiary/aromatic N) is 3. The molecule has 0 spiro atoms. The van der Waals surface area contributed by atoms with Crippen LogP contribution in [0.5, 0.6) is 0 Å². The van der Waals surface area contributed by atoms with Crippen LogP contribution in [0.4, 0.5) is 0 Å². The van der Waals surface area contributed by atoms with Crippen molar-refractivity contribution in [2.45, 2.75) is 78.9 Å². The molecule has 0 aromatic rings. The Morgan fingerprint density at radius 2 is 0.909 bits per heavy atom. The van der Waals surface area contributed by atoms with Crippen molar-refractivity contribution in [2.24, 2.45) is 17.8 Å². The van der Waals surface area contributed by atoms with Crippen LogP contribution in [0.1, 0.15) is 60.8 Å². The van der Waals surface area contributed by atoms with E-state index in [0.29, 0.717) is 0 Å². The van der Waals surface area contributed by atoms with Gasteiger partial charge in [-0.2, -0.15) is 0 Å². The summed E-state index contributed by atoms with van der Waals surface area (Å²) in [6, 6.07) is 2.64. The van der Waals surface area contributed by atoms with Crippen molar-refractivity contribution < 1.29 is 0 Å². The highest BCUT2D eigenvalue weighted by Crippen LogP contribution is 2.65. The van der Waals surface area contributed by atoms with E-state index in [9.17, 15) is 0 Å².